The summed E-state index contributed by atoms with van der Waals surface area (Å²) in [5.41, 5.74) is 6.47. The lowest BCUT2D eigenvalue weighted by atomic mass is 9.88. The van der Waals surface area contributed by atoms with E-state index in [4.69, 9.17) is 9.40 Å². The predicted octanol–water partition coefficient (Wildman–Crippen LogP) is 4.75. The second-order valence-electron chi connectivity index (χ2n) is 7.96. The lowest BCUT2D eigenvalue weighted by Gasteiger charge is -2.19. The van der Waals surface area contributed by atoms with Crippen molar-refractivity contribution in [2.75, 3.05) is 31.5 Å². The summed E-state index contributed by atoms with van der Waals surface area (Å²) in [6.07, 6.45) is 9.54. The van der Waals surface area contributed by atoms with Crippen LogP contribution in [-0.2, 0) is 19.3 Å². The molecular formula is C23H33N5O. The van der Waals surface area contributed by atoms with Gasteiger partial charge in [0.25, 0.3) is 0 Å². The van der Waals surface area contributed by atoms with Crippen LogP contribution in [0.5, 0.6) is 0 Å². The fourth-order valence-electron chi connectivity index (χ4n) is 4.56. The maximum absolute atomic E-state index is 6.25. The molecule has 156 valence electrons. The van der Waals surface area contributed by atoms with E-state index in [0.29, 0.717) is 0 Å². The van der Waals surface area contributed by atoms with E-state index >= 15 is 0 Å². The molecule has 1 N–H and O–H groups in total. The highest BCUT2D eigenvalue weighted by Gasteiger charge is 2.24. The molecule has 6 nitrogen and oxygen atoms in total. The molecule has 0 atom stereocenters. The number of anilines is 1. The van der Waals surface area contributed by atoms with E-state index in [1.54, 1.807) is 6.33 Å². The minimum Gasteiger partial charge on any atom is -0.432 e. The minimum atomic E-state index is 0.732. The maximum Gasteiger partial charge on any atom is 0.229 e. The Kier molecular flexibility index (Phi) is 6.28. The Morgan fingerprint density at radius 2 is 1.86 bits per heavy atom. The van der Waals surface area contributed by atoms with Gasteiger partial charge >= 0.3 is 0 Å². The van der Waals surface area contributed by atoms with Crippen LogP contribution in [0.1, 0.15) is 63.3 Å². The second-order valence-corrected chi connectivity index (χ2v) is 7.96. The maximum atomic E-state index is 6.25. The Hall–Kier alpha value is -2.21. The molecule has 0 unspecified atom stereocenters. The summed E-state index contributed by atoms with van der Waals surface area (Å²) in [6, 6.07) is 0. The third kappa shape index (κ3) is 3.95. The molecule has 3 aromatic heterocycles. The average Bonchev–Trinajstić information content (AvgIpc) is 3.13. The monoisotopic (exact) mass is 395 g/mol. The van der Waals surface area contributed by atoms with Crippen LogP contribution < -0.4 is 5.32 Å². The van der Waals surface area contributed by atoms with E-state index < -0.39 is 0 Å². The third-order valence-corrected chi connectivity index (χ3v) is 6.13. The zero-order chi connectivity index (χ0) is 20.2. The van der Waals surface area contributed by atoms with Crippen LogP contribution in [0.3, 0.4) is 0 Å². The van der Waals surface area contributed by atoms with Gasteiger partial charge in [-0.2, -0.15) is 0 Å². The molecule has 6 heteroatoms. The largest absolute Gasteiger partial charge is 0.432 e. The molecule has 0 aliphatic heterocycles. The fraction of sp³-hybridized carbons (Fsp3) is 0.609. The molecule has 0 fully saturated rings. The Morgan fingerprint density at radius 3 is 2.62 bits per heavy atom. The summed E-state index contributed by atoms with van der Waals surface area (Å²) in [7, 11) is 0. The first-order valence-electron chi connectivity index (χ1n) is 11.3. The number of aryl methyl sites for hydroxylation is 2. The Bertz CT molecular complexity index is 976. The summed E-state index contributed by atoms with van der Waals surface area (Å²) >= 11 is 0. The van der Waals surface area contributed by atoms with Gasteiger partial charge in [-0.15, -0.1) is 0 Å². The van der Waals surface area contributed by atoms with Crippen molar-refractivity contribution < 1.29 is 4.42 Å². The molecule has 1 aliphatic carbocycles. The highest BCUT2D eigenvalue weighted by molar-refractivity contribution is 6.06. The summed E-state index contributed by atoms with van der Waals surface area (Å²) in [6.45, 7) is 10.8. The molecule has 0 amide bonds. The summed E-state index contributed by atoms with van der Waals surface area (Å²) in [5.74, 6) is 0.786. The highest BCUT2D eigenvalue weighted by atomic mass is 16.3. The second kappa shape index (κ2) is 9.08. The minimum absolute atomic E-state index is 0.732. The first-order chi connectivity index (χ1) is 14.3. The topological polar surface area (TPSA) is 67.1 Å². The third-order valence-electron chi connectivity index (χ3n) is 6.13. The van der Waals surface area contributed by atoms with Crippen molar-refractivity contribution >= 4 is 28.0 Å². The summed E-state index contributed by atoms with van der Waals surface area (Å²) in [5, 5.41) is 4.59. The molecule has 0 radical (unpaired) electrons. The van der Waals surface area contributed by atoms with E-state index in [1.807, 2.05) is 0 Å². The van der Waals surface area contributed by atoms with Gasteiger partial charge in [-0.3, -0.25) is 0 Å². The quantitative estimate of drug-likeness (QED) is 0.528. The lowest BCUT2D eigenvalue weighted by Crippen LogP contribution is -2.25. The fourth-order valence-corrected chi connectivity index (χ4v) is 4.56. The zero-order valence-corrected chi connectivity index (χ0v) is 18.1. The van der Waals surface area contributed by atoms with Gasteiger partial charge in [0.1, 0.15) is 11.8 Å². The summed E-state index contributed by atoms with van der Waals surface area (Å²) in [4.78, 5) is 16.4. The molecule has 0 saturated heterocycles. The predicted molar refractivity (Wildman–Crippen MR) is 119 cm³/mol. The molecule has 0 spiro atoms. The van der Waals surface area contributed by atoms with E-state index in [9.17, 15) is 0 Å². The molecule has 29 heavy (non-hydrogen) atoms. The van der Waals surface area contributed by atoms with Crippen molar-refractivity contribution in [2.45, 2.75) is 65.7 Å². The van der Waals surface area contributed by atoms with Gasteiger partial charge in [0, 0.05) is 12.2 Å². The van der Waals surface area contributed by atoms with Gasteiger partial charge in [0.15, 0.2) is 11.4 Å². The normalized spacial score (nSPS) is 14.1. The van der Waals surface area contributed by atoms with E-state index in [-0.39, 0.29) is 0 Å². The van der Waals surface area contributed by atoms with Gasteiger partial charge in [0.2, 0.25) is 5.71 Å². The SMILES string of the molecule is CCCc1nc2oc3c(NCCCN(CC)CC)ncnc3c2c2c1CCCC2. The number of nitrogens with one attached hydrogen (secondary N) is 1. The Balaban J connectivity index is 1.67. The smallest absolute Gasteiger partial charge is 0.229 e. The molecule has 0 saturated carbocycles. The van der Waals surface area contributed by atoms with Gasteiger partial charge in [-0.25, -0.2) is 15.0 Å². The molecule has 0 bridgehead atoms. The number of pyridine rings is 1. The van der Waals surface area contributed by atoms with Crippen molar-refractivity contribution in [3.63, 3.8) is 0 Å². The van der Waals surface area contributed by atoms with Crippen LogP contribution in [0.4, 0.5) is 5.82 Å². The molecule has 3 aromatic rings. The van der Waals surface area contributed by atoms with Gasteiger partial charge < -0.3 is 14.6 Å². The van der Waals surface area contributed by atoms with Gasteiger partial charge in [0.05, 0.1) is 5.39 Å². The average molecular weight is 396 g/mol. The van der Waals surface area contributed by atoms with Crippen molar-refractivity contribution in [3.8, 4) is 0 Å². The van der Waals surface area contributed by atoms with E-state index in [1.165, 1.54) is 29.7 Å². The number of furan rings is 1. The molecule has 0 aromatic carbocycles. The van der Waals surface area contributed by atoms with Crippen LogP contribution >= 0.6 is 0 Å². The number of hydrogen-bond acceptors (Lipinski definition) is 6. The number of fused-ring (bicyclic) bond motifs is 5. The molecular weight excluding hydrogens is 362 g/mol. The first kappa shape index (κ1) is 20.1. The van der Waals surface area contributed by atoms with Gasteiger partial charge in [-0.1, -0.05) is 27.2 Å². The van der Waals surface area contributed by atoms with E-state index in [2.05, 4.69) is 41.0 Å². The molecule has 3 heterocycles. The summed E-state index contributed by atoms with van der Waals surface area (Å²) < 4.78 is 6.25. The lowest BCUT2D eigenvalue weighted by molar-refractivity contribution is 0.303. The zero-order valence-electron chi connectivity index (χ0n) is 18.1. The van der Waals surface area contributed by atoms with Crippen LogP contribution in [0.15, 0.2) is 10.7 Å². The van der Waals surface area contributed by atoms with Crippen molar-refractivity contribution in [1.29, 1.82) is 0 Å². The van der Waals surface area contributed by atoms with Gasteiger partial charge in [-0.05, 0) is 69.3 Å². The Labute approximate surface area is 173 Å². The number of hydrogen-bond donors (Lipinski definition) is 1. The van der Waals surface area contributed by atoms with Crippen LogP contribution in [-0.4, -0.2) is 46.0 Å². The molecule has 4 rings (SSSR count). The van der Waals surface area contributed by atoms with Crippen LogP contribution in [0, 0.1) is 0 Å². The van der Waals surface area contributed by atoms with Crippen molar-refractivity contribution in [3.05, 3.63) is 23.1 Å². The number of aromatic nitrogens is 3. The van der Waals surface area contributed by atoms with E-state index in [0.717, 1.165) is 86.3 Å². The number of nitrogens with zero attached hydrogens (tertiary/aromatic N) is 4. The molecule has 1 aliphatic rings. The van der Waals surface area contributed by atoms with Crippen molar-refractivity contribution in [1.82, 2.24) is 19.9 Å². The van der Waals surface area contributed by atoms with Crippen LogP contribution in [0.25, 0.3) is 22.2 Å². The Morgan fingerprint density at radius 1 is 1.07 bits per heavy atom. The van der Waals surface area contributed by atoms with Crippen molar-refractivity contribution in [2.24, 2.45) is 0 Å². The highest BCUT2D eigenvalue weighted by Crippen LogP contribution is 2.37. The first-order valence-corrected chi connectivity index (χ1v) is 11.3. The standard InChI is InChI=1S/C23H33N5O/c1-4-10-18-16-11-7-8-12-17(16)19-20-21(29-23(19)27-18)22(26-15-25-20)24-13-9-14-28(5-2)6-3/h15H,4-14H2,1-3H3,(H,24,25,26). The van der Waals surface area contributed by atoms with Crippen LogP contribution in [0.2, 0.25) is 0 Å². The number of rotatable bonds is 9.